The van der Waals surface area contributed by atoms with E-state index in [1.165, 1.54) is 12.8 Å². The zero-order valence-electron chi connectivity index (χ0n) is 18.2. The maximum Gasteiger partial charge on any atom is 0.306 e. The summed E-state index contributed by atoms with van der Waals surface area (Å²) in [6.07, 6.45) is 4.34. The summed E-state index contributed by atoms with van der Waals surface area (Å²) in [5.41, 5.74) is 1.76. The molecule has 1 aliphatic heterocycles. The van der Waals surface area contributed by atoms with Crippen molar-refractivity contribution in [2.24, 2.45) is 5.92 Å². The van der Waals surface area contributed by atoms with Gasteiger partial charge in [0, 0.05) is 25.2 Å². The number of hydrogen-bond donors (Lipinski definition) is 1. The van der Waals surface area contributed by atoms with Gasteiger partial charge in [0.05, 0.1) is 25.2 Å². The Morgan fingerprint density at radius 3 is 2.77 bits per heavy atom. The summed E-state index contributed by atoms with van der Waals surface area (Å²) >= 11 is 0. The number of carboxylic acid groups (broad SMARTS) is 1. The van der Waals surface area contributed by atoms with E-state index in [4.69, 9.17) is 14.6 Å². The molecule has 168 valence electrons. The average Bonchev–Trinajstić information content (AvgIpc) is 2.75. The number of aliphatic carboxylic acids is 1. The number of benzene rings is 2. The Hall–Kier alpha value is -2.18. The molecule has 2 aliphatic rings. The molecule has 0 spiro atoms. The molecule has 1 N–H and O–H groups in total. The van der Waals surface area contributed by atoms with Gasteiger partial charge in [-0.1, -0.05) is 25.1 Å². The molecular formula is C25H32FNO4. The number of ether oxygens (including phenoxy) is 2. The van der Waals surface area contributed by atoms with Crippen molar-refractivity contribution in [3.05, 3.63) is 41.5 Å². The number of carbonyl (C=O) groups is 1. The van der Waals surface area contributed by atoms with Gasteiger partial charge in [0.25, 0.3) is 0 Å². The molecule has 2 fully saturated rings. The molecule has 0 aromatic heterocycles. The molecule has 1 heterocycles. The molecule has 1 unspecified atom stereocenters. The summed E-state index contributed by atoms with van der Waals surface area (Å²) in [5, 5.41) is 10.9. The van der Waals surface area contributed by atoms with Gasteiger partial charge in [0.1, 0.15) is 12.4 Å². The first-order valence-corrected chi connectivity index (χ1v) is 11.3. The molecule has 0 bridgehead atoms. The van der Waals surface area contributed by atoms with Crippen LogP contribution in [0.2, 0.25) is 0 Å². The third-order valence-corrected chi connectivity index (χ3v) is 6.57. The average molecular weight is 430 g/mol. The molecule has 5 nitrogen and oxygen atoms in total. The van der Waals surface area contributed by atoms with Crippen LogP contribution in [-0.2, 0) is 22.8 Å². The van der Waals surface area contributed by atoms with E-state index in [1.54, 1.807) is 0 Å². The third kappa shape index (κ3) is 5.55. The number of nitrogens with zero attached hydrogens (tertiary/aromatic N) is 1. The van der Waals surface area contributed by atoms with Crippen LogP contribution in [-0.4, -0.2) is 47.9 Å². The fourth-order valence-corrected chi connectivity index (χ4v) is 4.80. The number of fused-ring (bicyclic) bond motifs is 1. The highest BCUT2D eigenvalue weighted by molar-refractivity contribution is 5.88. The van der Waals surface area contributed by atoms with Crippen molar-refractivity contribution in [2.75, 3.05) is 19.7 Å². The van der Waals surface area contributed by atoms with Crippen LogP contribution in [0.1, 0.15) is 50.2 Å². The highest BCUT2D eigenvalue weighted by atomic mass is 19.1. The van der Waals surface area contributed by atoms with Crippen LogP contribution in [0, 0.1) is 5.92 Å². The van der Waals surface area contributed by atoms with Crippen LogP contribution in [0.4, 0.5) is 4.39 Å². The molecule has 0 amide bonds. The summed E-state index contributed by atoms with van der Waals surface area (Å²) in [7, 11) is 0. The van der Waals surface area contributed by atoms with E-state index in [9.17, 15) is 9.18 Å². The maximum atomic E-state index is 14.0. The normalized spacial score (nSPS) is 24.9. The lowest BCUT2D eigenvalue weighted by Crippen LogP contribution is -2.42. The Morgan fingerprint density at radius 2 is 2.03 bits per heavy atom. The first kappa shape index (κ1) is 22.0. The molecule has 1 saturated carbocycles. The third-order valence-electron chi connectivity index (χ3n) is 6.57. The van der Waals surface area contributed by atoms with Gasteiger partial charge in [-0.05, 0) is 60.1 Å². The largest absolute Gasteiger partial charge is 0.490 e. The van der Waals surface area contributed by atoms with Crippen molar-refractivity contribution in [1.29, 1.82) is 0 Å². The minimum absolute atomic E-state index is 0.0246. The smallest absolute Gasteiger partial charge is 0.306 e. The van der Waals surface area contributed by atoms with Crippen LogP contribution in [0.25, 0.3) is 10.8 Å². The van der Waals surface area contributed by atoms with Gasteiger partial charge in [0.15, 0.2) is 0 Å². The Morgan fingerprint density at radius 1 is 1.23 bits per heavy atom. The van der Waals surface area contributed by atoms with Gasteiger partial charge in [-0.25, -0.2) is 4.39 Å². The fourth-order valence-electron chi connectivity index (χ4n) is 4.80. The zero-order valence-corrected chi connectivity index (χ0v) is 18.2. The molecule has 2 aromatic carbocycles. The maximum absolute atomic E-state index is 14.0. The summed E-state index contributed by atoms with van der Waals surface area (Å²) in [4.78, 5) is 13.2. The van der Waals surface area contributed by atoms with Crippen molar-refractivity contribution in [2.45, 2.75) is 64.5 Å². The van der Waals surface area contributed by atoms with Gasteiger partial charge in [0.2, 0.25) is 0 Å². The van der Waals surface area contributed by atoms with Crippen LogP contribution >= 0.6 is 0 Å². The summed E-state index contributed by atoms with van der Waals surface area (Å²) < 4.78 is 25.8. The predicted molar refractivity (Wildman–Crippen MR) is 118 cm³/mol. The molecule has 6 heteroatoms. The predicted octanol–water partition coefficient (Wildman–Crippen LogP) is 4.94. The number of halogens is 1. The van der Waals surface area contributed by atoms with E-state index in [-0.39, 0.29) is 18.6 Å². The minimum Gasteiger partial charge on any atom is -0.490 e. The molecule has 2 aromatic rings. The second-order valence-corrected chi connectivity index (χ2v) is 9.06. The molecular weight excluding hydrogens is 397 g/mol. The van der Waals surface area contributed by atoms with Crippen molar-refractivity contribution in [3.63, 3.8) is 0 Å². The van der Waals surface area contributed by atoms with Crippen LogP contribution in [0.15, 0.2) is 30.3 Å². The number of hydrogen-bond acceptors (Lipinski definition) is 4. The first-order valence-electron chi connectivity index (χ1n) is 11.3. The minimum atomic E-state index is -0.836. The number of morpholine rings is 1. The van der Waals surface area contributed by atoms with Crippen LogP contribution < -0.4 is 4.74 Å². The van der Waals surface area contributed by atoms with E-state index in [1.807, 2.05) is 24.3 Å². The van der Waals surface area contributed by atoms with Gasteiger partial charge >= 0.3 is 5.97 Å². The van der Waals surface area contributed by atoms with E-state index in [0.717, 1.165) is 48.2 Å². The van der Waals surface area contributed by atoms with Crippen molar-refractivity contribution >= 4 is 16.7 Å². The highest BCUT2D eigenvalue weighted by Crippen LogP contribution is 2.33. The number of carboxylic acids is 1. The lowest BCUT2D eigenvalue weighted by Gasteiger charge is -2.32. The highest BCUT2D eigenvalue weighted by Gasteiger charge is 2.23. The van der Waals surface area contributed by atoms with Crippen LogP contribution in [0.3, 0.4) is 0 Å². The summed E-state index contributed by atoms with van der Waals surface area (Å²) in [5.74, 6) is 0.588. The molecule has 31 heavy (non-hydrogen) atoms. The Balaban J connectivity index is 1.47. The summed E-state index contributed by atoms with van der Waals surface area (Å²) in [6.45, 7) is 4.37. The SMILES string of the molecule is C[C@H]1CC[C@@H](Oc2ccc3cc(CN4CCOC(CC(=O)O)C4)ccc3c2CF)CC1. The van der Waals surface area contributed by atoms with E-state index in [2.05, 4.69) is 17.9 Å². The van der Waals surface area contributed by atoms with Gasteiger partial charge in [-0.3, -0.25) is 9.69 Å². The van der Waals surface area contributed by atoms with Gasteiger partial charge in [-0.15, -0.1) is 0 Å². The van der Waals surface area contributed by atoms with Crippen molar-refractivity contribution in [1.82, 2.24) is 4.90 Å². The summed E-state index contributed by atoms with van der Waals surface area (Å²) in [6, 6.07) is 10.1. The first-order chi connectivity index (χ1) is 15.0. The fraction of sp³-hybridized carbons (Fsp3) is 0.560. The quantitative estimate of drug-likeness (QED) is 0.675. The van der Waals surface area contributed by atoms with E-state index >= 15 is 0 Å². The zero-order chi connectivity index (χ0) is 21.8. The Bertz CT molecular complexity index is 910. The number of rotatable bonds is 7. The second kappa shape index (κ2) is 9.96. The topological polar surface area (TPSA) is 59.0 Å². The molecule has 1 aliphatic carbocycles. The molecule has 4 rings (SSSR count). The lowest BCUT2D eigenvalue weighted by atomic mass is 9.89. The molecule has 0 radical (unpaired) electrons. The molecule has 1 atom stereocenters. The molecule has 1 saturated heterocycles. The van der Waals surface area contributed by atoms with Crippen molar-refractivity contribution < 1.29 is 23.8 Å². The van der Waals surface area contributed by atoms with E-state index in [0.29, 0.717) is 24.5 Å². The van der Waals surface area contributed by atoms with Crippen molar-refractivity contribution in [3.8, 4) is 5.75 Å². The second-order valence-electron chi connectivity index (χ2n) is 9.06. The monoisotopic (exact) mass is 429 g/mol. The van der Waals surface area contributed by atoms with Gasteiger partial charge < -0.3 is 14.6 Å². The van der Waals surface area contributed by atoms with Gasteiger partial charge in [-0.2, -0.15) is 0 Å². The Kier molecular flexibility index (Phi) is 7.08. The standard InChI is InChI=1S/C25H32FNO4/c1-17-2-6-20(7-3-17)31-24-9-5-19-12-18(4-8-22(19)23(24)14-26)15-27-10-11-30-21(16-27)13-25(28)29/h4-5,8-9,12,17,20-21H,2-3,6-7,10-11,13-16H2,1H3,(H,28,29)/t17-,20+,21?. The Labute approximate surface area is 183 Å². The number of alkyl halides is 1. The van der Waals surface area contributed by atoms with E-state index < -0.39 is 12.6 Å². The van der Waals surface area contributed by atoms with Crippen LogP contribution in [0.5, 0.6) is 5.75 Å². The lowest BCUT2D eigenvalue weighted by molar-refractivity contribution is -0.142.